The Balaban J connectivity index is 1.73. The van der Waals surface area contributed by atoms with Crippen molar-refractivity contribution < 1.29 is 9.18 Å². The van der Waals surface area contributed by atoms with E-state index in [-0.39, 0.29) is 17.4 Å². The van der Waals surface area contributed by atoms with Crippen molar-refractivity contribution in [3.8, 4) is 0 Å². The third kappa shape index (κ3) is 4.05. The molecule has 3 rings (SSSR count). The number of nitrogens with zero attached hydrogens (tertiary/aromatic N) is 2. The van der Waals surface area contributed by atoms with Crippen molar-refractivity contribution in [3.05, 3.63) is 77.5 Å². The highest BCUT2D eigenvalue weighted by Gasteiger charge is 2.09. The van der Waals surface area contributed by atoms with Crippen LogP contribution in [-0.2, 0) is 0 Å². The lowest BCUT2D eigenvalue weighted by Gasteiger charge is -2.08. The van der Waals surface area contributed by atoms with E-state index in [1.54, 1.807) is 36.4 Å². The zero-order valence-corrected chi connectivity index (χ0v) is 13.1. The highest BCUT2D eigenvalue weighted by atomic mass is 35.5. The van der Waals surface area contributed by atoms with Gasteiger partial charge in [-0.1, -0.05) is 11.6 Å². The second-order valence-electron chi connectivity index (χ2n) is 4.88. The number of anilines is 3. The number of rotatable bonds is 4. The molecule has 0 atom stereocenters. The highest BCUT2D eigenvalue weighted by Crippen LogP contribution is 2.17. The van der Waals surface area contributed by atoms with E-state index in [0.29, 0.717) is 22.2 Å². The zero-order chi connectivity index (χ0) is 16.9. The van der Waals surface area contributed by atoms with Crippen molar-refractivity contribution in [2.24, 2.45) is 0 Å². The summed E-state index contributed by atoms with van der Waals surface area (Å²) >= 11 is 5.81. The molecule has 120 valence electrons. The molecule has 0 unspecified atom stereocenters. The number of nitrogens with one attached hydrogen (secondary N) is 2. The maximum absolute atomic E-state index is 12.9. The summed E-state index contributed by atoms with van der Waals surface area (Å²) in [6.07, 6.45) is 1.28. The van der Waals surface area contributed by atoms with E-state index in [1.807, 2.05) is 0 Å². The number of benzene rings is 2. The number of amides is 1. The van der Waals surface area contributed by atoms with Gasteiger partial charge < -0.3 is 10.6 Å². The molecule has 0 bridgehead atoms. The van der Waals surface area contributed by atoms with Gasteiger partial charge in [0.25, 0.3) is 5.91 Å². The molecule has 0 aliphatic rings. The SMILES string of the molecule is O=C(Nc1ccc(Cl)cc1)c1cc(Nc2ccc(F)cc2)ncn1. The monoisotopic (exact) mass is 342 g/mol. The van der Waals surface area contributed by atoms with E-state index < -0.39 is 0 Å². The third-order valence-electron chi connectivity index (χ3n) is 3.12. The highest BCUT2D eigenvalue weighted by molar-refractivity contribution is 6.30. The Morgan fingerprint density at radius 3 is 2.33 bits per heavy atom. The Morgan fingerprint density at radius 1 is 0.958 bits per heavy atom. The predicted octanol–water partition coefficient (Wildman–Crippen LogP) is 4.27. The van der Waals surface area contributed by atoms with Crippen molar-refractivity contribution in [1.82, 2.24) is 9.97 Å². The van der Waals surface area contributed by atoms with Gasteiger partial charge in [0, 0.05) is 22.5 Å². The molecule has 7 heteroatoms. The fraction of sp³-hybridized carbons (Fsp3) is 0. The predicted molar refractivity (Wildman–Crippen MR) is 91.1 cm³/mol. The summed E-state index contributed by atoms with van der Waals surface area (Å²) in [5.41, 5.74) is 1.46. The topological polar surface area (TPSA) is 66.9 Å². The Labute approximate surface area is 142 Å². The molecule has 0 fully saturated rings. The van der Waals surface area contributed by atoms with Gasteiger partial charge in [0.05, 0.1) is 0 Å². The van der Waals surface area contributed by atoms with Crippen LogP contribution in [0.1, 0.15) is 10.5 Å². The summed E-state index contributed by atoms with van der Waals surface area (Å²) in [4.78, 5) is 20.2. The van der Waals surface area contributed by atoms with Crippen molar-refractivity contribution in [1.29, 1.82) is 0 Å². The largest absolute Gasteiger partial charge is 0.340 e. The summed E-state index contributed by atoms with van der Waals surface area (Å²) in [6.45, 7) is 0. The Kier molecular flexibility index (Phi) is 4.67. The molecule has 1 aromatic heterocycles. The lowest BCUT2D eigenvalue weighted by atomic mass is 10.3. The van der Waals surface area contributed by atoms with E-state index in [2.05, 4.69) is 20.6 Å². The Hall–Kier alpha value is -2.99. The fourth-order valence-electron chi connectivity index (χ4n) is 1.96. The lowest BCUT2D eigenvalue weighted by molar-refractivity contribution is 0.102. The maximum atomic E-state index is 12.9. The molecule has 5 nitrogen and oxygen atoms in total. The standard InChI is InChI=1S/C17H12ClFN4O/c18-11-1-5-14(6-2-11)23-17(24)15-9-16(21-10-20-15)22-13-7-3-12(19)4-8-13/h1-10H,(H,23,24)(H,20,21,22). The Morgan fingerprint density at radius 2 is 1.62 bits per heavy atom. The van der Waals surface area contributed by atoms with Gasteiger partial charge in [-0.15, -0.1) is 0 Å². The lowest BCUT2D eigenvalue weighted by Crippen LogP contribution is -2.14. The second kappa shape index (κ2) is 7.06. The van der Waals surface area contributed by atoms with Gasteiger partial charge in [0.15, 0.2) is 0 Å². The van der Waals surface area contributed by atoms with Crippen LogP contribution in [0.2, 0.25) is 5.02 Å². The summed E-state index contributed by atoms with van der Waals surface area (Å²) in [6, 6.07) is 14.1. The minimum absolute atomic E-state index is 0.199. The Bertz CT molecular complexity index is 853. The van der Waals surface area contributed by atoms with Crippen LogP contribution < -0.4 is 10.6 Å². The molecule has 1 amide bonds. The fourth-order valence-corrected chi connectivity index (χ4v) is 2.09. The number of halogens is 2. The first kappa shape index (κ1) is 15.9. The smallest absolute Gasteiger partial charge is 0.274 e. The van der Waals surface area contributed by atoms with Gasteiger partial charge >= 0.3 is 0 Å². The number of carbonyl (C=O) groups is 1. The summed E-state index contributed by atoms with van der Waals surface area (Å²) in [7, 11) is 0. The zero-order valence-electron chi connectivity index (χ0n) is 12.3. The minimum atomic E-state index is -0.373. The van der Waals surface area contributed by atoms with Crippen LogP contribution >= 0.6 is 11.6 Å². The van der Waals surface area contributed by atoms with Crippen LogP contribution in [0.5, 0.6) is 0 Å². The molecule has 0 radical (unpaired) electrons. The van der Waals surface area contributed by atoms with Gasteiger partial charge in [-0.3, -0.25) is 4.79 Å². The average molecular weight is 343 g/mol. The first-order valence-corrected chi connectivity index (χ1v) is 7.39. The van der Waals surface area contributed by atoms with Crippen molar-refractivity contribution in [2.75, 3.05) is 10.6 Å². The minimum Gasteiger partial charge on any atom is -0.340 e. The molecular weight excluding hydrogens is 331 g/mol. The molecule has 0 spiro atoms. The first-order valence-electron chi connectivity index (χ1n) is 7.02. The van der Waals surface area contributed by atoms with E-state index >= 15 is 0 Å². The maximum Gasteiger partial charge on any atom is 0.274 e. The van der Waals surface area contributed by atoms with E-state index in [9.17, 15) is 9.18 Å². The molecule has 0 aliphatic heterocycles. The van der Waals surface area contributed by atoms with Crippen LogP contribution in [0.15, 0.2) is 60.9 Å². The summed E-state index contributed by atoms with van der Waals surface area (Å²) in [5.74, 6) is -0.272. The third-order valence-corrected chi connectivity index (χ3v) is 3.37. The number of hydrogen-bond acceptors (Lipinski definition) is 4. The molecule has 0 aliphatic carbocycles. The van der Waals surface area contributed by atoms with Crippen LogP contribution in [0.4, 0.5) is 21.6 Å². The quantitative estimate of drug-likeness (QED) is 0.743. The summed E-state index contributed by atoms with van der Waals surface area (Å²) in [5, 5.41) is 6.29. The number of aromatic nitrogens is 2. The number of carbonyl (C=O) groups excluding carboxylic acids is 1. The molecule has 0 saturated heterocycles. The van der Waals surface area contributed by atoms with Crippen LogP contribution in [0.25, 0.3) is 0 Å². The van der Waals surface area contributed by atoms with Gasteiger partial charge in [0.2, 0.25) is 0 Å². The molecule has 2 aromatic carbocycles. The normalized spacial score (nSPS) is 10.2. The first-order chi connectivity index (χ1) is 11.6. The van der Waals surface area contributed by atoms with Crippen LogP contribution in [0.3, 0.4) is 0 Å². The molecule has 1 heterocycles. The van der Waals surface area contributed by atoms with Crippen LogP contribution in [-0.4, -0.2) is 15.9 Å². The molecule has 24 heavy (non-hydrogen) atoms. The van der Waals surface area contributed by atoms with Crippen molar-refractivity contribution in [3.63, 3.8) is 0 Å². The van der Waals surface area contributed by atoms with E-state index in [4.69, 9.17) is 11.6 Å². The van der Waals surface area contributed by atoms with Gasteiger partial charge in [-0.05, 0) is 48.5 Å². The van der Waals surface area contributed by atoms with Crippen molar-refractivity contribution >= 4 is 34.7 Å². The van der Waals surface area contributed by atoms with Crippen molar-refractivity contribution in [2.45, 2.75) is 0 Å². The van der Waals surface area contributed by atoms with Gasteiger partial charge in [-0.2, -0.15) is 0 Å². The molecule has 2 N–H and O–H groups in total. The second-order valence-corrected chi connectivity index (χ2v) is 5.32. The molecular formula is C17H12ClFN4O. The summed E-state index contributed by atoms with van der Waals surface area (Å²) < 4.78 is 12.9. The van der Waals surface area contributed by atoms with Gasteiger partial charge in [-0.25, -0.2) is 14.4 Å². The molecule has 0 saturated carbocycles. The molecule has 3 aromatic rings. The van der Waals surface area contributed by atoms with E-state index in [0.717, 1.165) is 0 Å². The van der Waals surface area contributed by atoms with E-state index in [1.165, 1.54) is 24.5 Å². The van der Waals surface area contributed by atoms with Crippen LogP contribution in [0, 0.1) is 5.82 Å². The average Bonchev–Trinajstić information content (AvgIpc) is 2.59. The van der Waals surface area contributed by atoms with Gasteiger partial charge in [0.1, 0.15) is 23.7 Å². The number of hydrogen-bond donors (Lipinski definition) is 2.